The van der Waals surface area contributed by atoms with Crippen LogP contribution in [0, 0.1) is 63.7 Å². The smallest absolute Gasteiger partial charge is 0.460 e. The third kappa shape index (κ3) is 6.09. The summed E-state index contributed by atoms with van der Waals surface area (Å²) < 4.78 is 5.18. The molecule has 5 heteroatoms. The average Bonchev–Trinajstić information content (AvgIpc) is 3.35. The van der Waals surface area contributed by atoms with Gasteiger partial charge in [-0.15, -0.1) is 0 Å². The molecule has 25 heavy (non-hydrogen) atoms. The van der Waals surface area contributed by atoms with Gasteiger partial charge in [0.2, 0.25) is 0 Å². The molecule has 10 radical (unpaired) electrons. The van der Waals surface area contributed by atoms with Gasteiger partial charge >= 0.3 is 23.0 Å². The number of fused-ring (bicyclic) bond motifs is 1. The van der Waals surface area contributed by atoms with Crippen molar-refractivity contribution in [1.29, 1.82) is 0 Å². The van der Waals surface area contributed by atoms with Crippen LogP contribution < -0.4 is 0 Å². The monoisotopic (exact) mass is 372 g/mol. The van der Waals surface area contributed by atoms with E-state index in [0.29, 0.717) is 5.52 Å². The maximum atomic E-state index is 11.9. The number of ether oxygens (including phenoxy) is 1. The second-order valence-electron chi connectivity index (χ2n) is 5.08. The third-order valence-corrected chi connectivity index (χ3v) is 3.31. The zero-order chi connectivity index (χ0) is 16.6. The molecule has 2 aromatic rings. The maximum absolute atomic E-state index is 11.9. The molecule has 0 aliphatic heterocycles. The number of hydrogen-bond acceptors (Lipinski definition) is 4. The molecule has 2 fully saturated rings. The normalized spacial score (nSPS) is 16.8. The molecule has 1 aromatic heterocycles. The number of para-hydroxylation sites is 2. The van der Waals surface area contributed by atoms with E-state index in [4.69, 9.17) is 4.74 Å². The van der Waals surface area contributed by atoms with Gasteiger partial charge in [-0.1, -0.05) is 12.1 Å². The van der Waals surface area contributed by atoms with Crippen LogP contribution in [0.1, 0.15) is 10.5 Å². The van der Waals surface area contributed by atoms with Crippen LogP contribution in [0.15, 0.2) is 30.5 Å². The fourth-order valence-electron chi connectivity index (χ4n) is 2.11. The van der Waals surface area contributed by atoms with E-state index in [9.17, 15) is 4.79 Å². The molecule has 2 saturated carbocycles. The fourth-order valence-corrected chi connectivity index (χ4v) is 2.11. The first-order valence-electron chi connectivity index (χ1n) is 7.59. The Morgan fingerprint density at radius 2 is 1.48 bits per heavy atom. The first-order chi connectivity index (χ1) is 11.8. The minimum atomic E-state index is -0.459. The zero-order valence-electron chi connectivity index (χ0n) is 13.4. The van der Waals surface area contributed by atoms with Crippen LogP contribution in [0.3, 0.4) is 0 Å². The Morgan fingerprint density at radius 1 is 0.880 bits per heavy atom. The van der Waals surface area contributed by atoms with Crippen molar-refractivity contribution in [3.8, 4) is 0 Å². The first kappa shape index (κ1) is 19.9. The second-order valence-corrected chi connectivity index (χ2v) is 5.08. The molecule has 0 N–H and O–H groups in total. The Morgan fingerprint density at radius 3 is 2.12 bits per heavy atom. The van der Waals surface area contributed by atoms with Crippen molar-refractivity contribution < 1.29 is 26.6 Å². The Bertz CT molecular complexity index is 660. The van der Waals surface area contributed by atoms with Crippen molar-refractivity contribution >= 4 is 17.0 Å². The van der Waals surface area contributed by atoms with Crippen molar-refractivity contribution in [1.82, 2.24) is 9.97 Å². The molecule has 0 bridgehead atoms. The number of benzene rings is 1. The molecule has 0 amide bonds. The summed E-state index contributed by atoms with van der Waals surface area (Å²) in [4.78, 5) is 20.3. The quantitative estimate of drug-likeness (QED) is 0.613. The van der Waals surface area contributed by atoms with Crippen LogP contribution in [-0.2, 0) is 21.8 Å². The van der Waals surface area contributed by atoms with E-state index in [0.717, 1.165) is 11.4 Å². The molecule has 0 spiro atoms. The number of carbonyl (C=O) groups is 1. The van der Waals surface area contributed by atoms with Gasteiger partial charge in [0.25, 0.3) is 0 Å². The Hall–Kier alpha value is -1.45. The largest absolute Gasteiger partial charge is 2.00 e. The summed E-state index contributed by atoms with van der Waals surface area (Å²) in [5.74, 6) is 0.501. The van der Waals surface area contributed by atoms with Crippen molar-refractivity contribution in [2.45, 2.75) is 0 Å². The Labute approximate surface area is 160 Å². The van der Waals surface area contributed by atoms with Crippen molar-refractivity contribution in [2.75, 3.05) is 6.61 Å². The summed E-state index contributed by atoms with van der Waals surface area (Å²) in [5.41, 5.74) is 1.67. The fraction of sp³-hybridized carbons (Fsp3) is 0.0500. The number of aromatic nitrogens is 2. The Balaban J connectivity index is 0.000000325. The number of nitrogens with zero attached hydrogens (tertiary/aromatic N) is 2. The van der Waals surface area contributed by atoms with Crippen molar-refractivity contribution in [2.24, 2.45) is 0 Å². The van der Waals surface area contributed by atoms with Crippen LogP contribution in [0.25, 0.3) is 11.0 Å². The van der Waals surface area contributed by atoms with E-state index in [-0.39, 0.29) is 29.4 Å². The standard InChI is InChI=1S/C15H11N2O2.C5H5.Fe/c18-15(19-10-11-5-1-2-6-11)14-9-16-12-7-3-4-8-13(12)17-14;1-2-4-5-3-1;/h1-9H,10H2;1-5H;/q;;+2. The molecule has 1 heterocycles. The second kappa shape index (κ2) is 10.5. The van der Waals surface area contributed by atoms with Crippen LogP contribution in [-0.4, -0.2) is 22.5 Å². The summed E-state index contributed by atoms with van der Waals surface area (Å²) in [6, 6.07) is 7.40. The van der Waals surface area contributed by atoms with Gasteiger partial charge < -0.3 is 4.74 Å². The van der Waals surface area contributed by atoms with Crippen LogP contribution in [0.2, 0.25) is 0 Å². The van der Waals surface area contributed by atoms with Crippen molar-refractivity contribution in [3.05, 3.63) is 99.9 Å². The molecular formula is C20H16FeN2O2+2. The van der Waals surface area contributed by atoms with Crippen molar-refractivity contribution in [3.63, 3.8) is 0 Å². The molecule has 4 rings (SSSR count). The number of esters is 1. The molecule has 1 aromatic carbocycles. The summed E-state index contributed by atoms with van der Waals surface area (Å²) >= 11 is 0. The number of rotatable bonds is 3. The molecule has 0 saturated heterocycles. The number of carbonyl (C=O) groups excluding carboxylic acids is 1. The van der Waals surface area contributed by atoms with E-state index < -0.39 is 5.97 Å². The van der Waals surface area contributed by atoms with Gasteiger partial charge in [-0.25, -0.2) is 9.78 Å². The first-order valence-corrected chi connectivity index (χ1v) is 7.59. The SMILES string of the molecule is O=C(OC[C]1[CH][CH][CH][CH]1)c1cnc2ccccc2n1.[CH]1[CH][CH][CH][CH]1.[Fe+2]. The van der Waals surface area contributed by atoms with E-state index in [1.807, 2.05) is 82.1 Å². The van der Waals surface area contributed by atoms with Gasteiger partial charge in [0.15, 0.2) is 5.69 Å². The van der Waals surface area contributed by atoms with Crippen LogP contribution in [0.5, 0.6) is 0 Å². The van der Waals surface area contributed by atoms with Gasteiger partial charge in [-0.2, -0.15) is 0 Å². The third-order valence-electron chi connectivity index (χ3n) is 3.31. The topological polar surface area (TPSA) is 52.1 Å². The van der Waals surface area contributed by atoms with Gasteiger partial charge in [0.05, 0.1) is 23.8 Å². The predicted molar refractivity (Wildman–Crippen MR) is 91.8 cm³/mol. The van der Waals surface area contributed by atoms with Crippen LogP contribution >= 0.6 is 0 Å². The molecule has 4 nitrogen and oxygen atoms in total. The van der Waals surface area contributed by atoms with E-state index in [1.165, 1.54) is 6.20 Å². The molecule has 0 atom stereocenters. The van der Waals surface area contributed by atoms with Gasteiger partial charge in [0.1, 0.15) is 0 Å². The summed E-state index contributed by atoms with van der Waals surface area (Å²) in [5, 5.41) is 0. The minimum Gasteiger partial charge on any atom is -0.460 e. The maximum Gasteiger partial charge on any atom is 2.00 e. The molecule has 2 aliphatic rings. The summed E-state index contributed by atoms with van der Waals surface area (Å²) in [7, 11) is 0. The van der Waals surface area contributed by atoms with E-state index in [2.05, 4.69) is 9.97 Å². The van der Waals surface area contributed by atoms with Gasteiger partial charge in [-0.05, 0) is 69.9 Å². The van der Waals surface area contributed by atoms with Gasteiger partial charge in [0, 0.05) is 5.92 Å². The minimum absolute atomic E-state index is 0. The predicted octanol–water partition coefficient (Wildman–Crippen LogP) is 3.21. The zero-order valence-corrected chi connectivity index (χ0v) is 14.5. The molecule has 0 unspecified atom stereocenters. The Kier molecular flexibility index (Phi) is 8.36. The van der Waals surface area contributed by atoms with Gasteiger partial charge in [-0.3, -0.25) is 4.98 Å². The molecule has 124 valence electrons. The van der Waals surface area contributed by atoms with Crippen LogP contribution in [0.4, 0.5) is 0 Å². The molecular weight excluding hydrogens is 356 g/mol. The molecule has 2 aliphatic carbocycles. The number of hydrogen-bond donors (Lipinski definition) is 0. The van der Waals surface area contributed by atoms with E-state index in [1.54, 1.807) is 0 Å². The summed E-state index contributed by atoms with van der Waals surface area (Å²) in [6.07, 6.45) is 19.0. The van der Waals surface area contributed by atoms with E-state index >= 15 is 0 Å². The average molecular weight is 372 g/mol. The summed E-state index contributed by atoms with van der Waals surface area (Å²) in [6.45, 7) is 0.250.